The van der Waals surface area contributed by atoms with Crippen molar-refractivity contribution < 1.29 is 4.79 Å². The van der Waals surface area contributed by atoms with Crippen LogP contribution >= 0.6 is 0 Å². The van der Waals surface area contributed by atoms with Crippen molar-refractivity contribution in [1.29, 1.82) is 5.26 Å². The van der Waals surface area contributed by atoms with Crippen molar-refractivity contribution in [3.05, 3.63) is 35.4 Å². The molecule has 0 spiro atoms. The summed E-state index contributed by atoms with van der Waals surface area (Å²) >= 11 is 0. The van der Waals surface area contributed by atoms with Crippen LogP contribution in [0.25, 0.3) is 0 Å². The van der Waals surface area contributed by atoms with Gasteiger partial charge in [0.25, 0.3) is 0 Å². The zero-order valence-corrected chi connectivity index (χ0v) is 14.3. The molecule has 0 bridgehead atoms. The molecule has 23 heavy (non-hydrogen) atoms. The van der Waals surface area contributed by atoms with E-state index in [0.29, 0.717) is 5.56 Å². The lowest BCUT2D eigenvalue weighted by Crippen LogP contribution is -2.46. The van der Waals surface area contributed by atoms with Gasteiger partial charge in [-0.2, -0.15) is 5.26 Å². The fourth-order valence-electron chi connectivity index (χ4n) is 3.01. The van der Waals surface area contributed by atoms with E-state index in [9.17, 15) is 4.79 Å². The van der Waals surface area contributed by atoms with E-state index in [-0.39, 0.29) is 11.9 Å². The summed E-state index contributed by atoms with van der Waals surface area (Å²) in [5, 5.41) is 8.86. The lowest BCUT2D eigenvalue weighted by molar-refractivity contribution is -0.133. The average molecular weight is 314 g/mol. The third-order valence-corrected chi connectivity index (χ3v) is 4.46. The van der Waals surface area contributed by atoms with Gasteiger partial charge in [0.1, 0.15) is 0 Å². The maximum Gasteiger partial charge on any atom is 0.239 e. The molecule has 2 rings (SSSR count). The summed E-state index contributed by atoms with van der Waals surface area (Å²) < 4.78 is 0. The summed E-state index contributed by atoms with van der Waals surface area (Å²) in [4.78, 5) is 18.5. The fourth-order valence-corrected chi connectivity index (χ4v) is 3.01. The Labute approximate surface area is 139 Å². The van der Waals surface area contributed by atoms with Crippen molar-refractivity contribution in [2.24, 2.45) is 0 Å². The van der Waals surface area contributed by atoms with Crippen LogP contribution in [0.1, 0.15) is 24.5 Å². The molecule has 1 fully saturated rings. The molecule has 5 heteroatoms. The Bertz CT molecular complexity index is 561. The van der Waals surface area contributed by atoms with Gasteiger partial charge in [0.15, 0.2) is 0 Å². The standard InChI is InChI=1S/C18H26N4O/c1-15(18(23)20(2)3)22-10-4-9-21(11-12-22)14-17-7-5-16(13-19)6-8-17/h5-8,15H,4,9-12,14H2,1-3H3. The predicted octanol–water partition coefficient (Wildman–Crippen LogP) is 1.54. The van der Waals surface area contributed by atoms with E-state index in [0.717, 1.165) is 39.1 Å². The van der Waals surface area contributed by atoms with Crippen LogP contribution in [-0.2, 0) is 11.3 Å². The summed E-state index contributed by atoms with van der Waals surface area (Å²) in [6, 6.07) is 9.89. The Morgan fingerprint density at radius 1 is 1.22 bits per heavy atom. The zero-order valence-electron chi connectivity index (χ0n) is 14.3. The second-order valence-corrected chi connectivity index (χ2v) is 6.38. The minimum atomic E-state index is -0.0557. The second kappa shape index (κ2) is 8.09. The fraction of sp³-hybridized carbons (Fsp3) is 0.556. The van der Waals surface area contributed by atoms with E-state index in [4.69, 9.17) is 5.26 Å². The third kappa shape index (κ3) is 4.78. The molecule has 124 valence electrons. The molecule has 1 heterocycles. The normalized spacial score (nSPS) is 18.0. The molecule has 0 aromatic heterocycles. The van der Waals surface area contributed by atoms with Gasteiger partial charge >= 0.3 is 0 Å². The van der Waals surface area contributed by atoms with Crippen molar-refractivity contribution >= 4 is 5.91 Å². The summed E-state index contributed by atoms with van der Waals surface area (Å²) in [7, 11) is 3.63. The molecule has 1 aliphatic heterocycles. The van der Waals surface area contributed by atoms with Gasteiger partial charge in [0.05, 0.1) is 17.7 Å². The first-order chi connectivity index (χ1) is 11.0. The van der Waals surface area contributed by atoms with E-state index in [2.05, 4.69) is 15.9 Å². The van der Waals surface area contributed by atoms with Crippen molar-refractivity contribution in [2.75, 3.05) is 40.3 Å². The maximum atomic E-state index is 12.1. The Morgan fingerprint density at radius 3 is 2.52 bits per heavy atom. The lowest BCUT2D eigenvalue weighted by atomic mass is 10.1. The number of hydrogen-bond acceptors (Lipinski definition) is 4. The highest BCUT2D eigenvalue weighted by molar-refractivity contribution is 5.80. The van der Waals surface area contributed by atoms with E-state index in [1.165, 1.54) is 5.56 Å². The number of likely N-dealkylation sites (N-methyl/N-ethyl adjacent to an activating group) is 1. The van der Waals surface area contributed by atoms with Crippen LogP contribution in [0.5, 0.6) is 0 Å². The van der Waals surface area contributed by atoms with Crippen molar-refractivity contribution in [1.82, 2.24) is 14.7 Å². The minimum absolute atomic E-state index is 0.0557. The number of rotatable bonds is 4. The van der Waals surface area contributed by atoms with Crippen molar-refractivity contribution in [3.8, 4) is 6.07 Å². The minimum Gasteiger partial charge on any atom is -0.347 e. The molecule has 1 atom stereocenters. The second-order valence-electron chi connectivity index (χ2n) is 6.38. The first-order valence-corrected chi connectivity index (χ1v) is 8.18. The quantitative estimate of drug-likeness (QED) is 0.846. The molecule has 1 unspecified atom stereocenters. The van der Waals surface area contributed by atoms with Crippen molar-refractivity contribution in [3.63, 3.8) is 0 Å². The van der Waals surface area contributed by atoms with Crippen LogP contribution in [-0.4, -0.2) is 66.9 Å². The van der Waals surface area contributed by atoms with Crippen LogP contribution in [0.4, 0.5) is 0 Å². The van der Waals surface area contributed by atoms with Gasteiger partial charge in [0.2, 0.25) is 5.91 Å². The van der Waals surface area contributed by atoms with Gasteiger partial charge in [-0.25, -0.2) is 0 Å². The number of nitriles is 1. The SMILES string of the molecule is CC(C(=O)N(C)C)N1CCCN(Cc2ccc(C#N)cc2)CC1. The molecule has 1 amide bonds. The van der Waals surface area contributed by atoms with E-state index < -0.39 is 0 Å². The molecule has 5 nitrogen and oxygen atoms in total. The number of benzene rings is 1. The largest absolute Gasteiger partial charge is 0.347 e. The number of amides is 1. The van der Waals surface area contributed by atoms with Gasteiger partial charge in [-0.1, -0.05) is 12.1 Å². The highest BCUT2D eigenvalue weighted by Crippen LogP contribution is 2.12. The number of carbonyl (C=O) groups is 1. The molecule has 0 aliphatic carbocycles. The Balaban J connectivity index is 1.90. The summed E-state index contributed by atoms with van der Waals surface area (Å²) in [6.07, 6.45) is 1.07. The molecule has 1 saturated heterocycles. The molecule has 1 aromatic rings. The van der Waals surface area contributed by atoms with Crippen molar-refractivity contribution in [2.45, 2.75) is 25.9 Å². The van der Waals surface area contributed by atoms with Gasteiger partial charge < -0.3 is 4.90 Å². The number of hydrogen-bond donors (Lipinski definition) is 0. The molecule has 1 aromatic carbocycles. The van der Waals surface area contributed by atoms with Crippen LogP contribution in [0, 0.1) is 11.3 Å². The maximum absolute atomic E-state index is 12.1. The molecule has 0 N–H and O–H groups in total. The van der Waals surface area contributed by atoms with Gasteiger partial charge in [0, 0.05) is 40.3 Å². The Hall–Kier alpha value is -1.90. The first-order valence-electron chi connectivity index (χ1n) is 8.18. The highest BCUT2D eigenvalue weighted by Gasteiger charge is 2.24. The van der Waals surface area contributed by atoms with Crippen LogP contribution in [0.3, 0.4) is 0 Å². The Morgan fingerprint density at radius 2 is 1.91 bits per heavy atom. The van der Waals surface area contributed by atoms with Crippen LogP contribution in [0.2, 0.25) is 0 Å². The van der Waals surface area contributed by atoms with Gasteiger partial charge in [-0.3, -0.25) is 14.6 Å². The number of nitrogens with zero attached hydrogens (tertiary/aromatic N) is 4. The van der Waals surface area contributed by atoms with Crippen LogP contribution < -0.4 is 0 Å². The zero-order chi connectivity index (χ0) is 16.8. The Kier molecular flexibility index (Phi) is 6.14. The molecule has 0 radical (unpaired) electrons. The monoisotopic (exact) mass is 314 g/mol. The highest BCUT2D eigenvalue weighted by atomic mass is 16.2. The molecule has 0 saturated carbocycles. The van der Waals surface area contributed by atoms with Gasteiger partial charge in [-0.15, -0.1) is 0 Å². The lowest BCUT2D eigenvalue weighted by Gasteiger charge is -2.28. The predicted molar refractivity (Wildman–Crippen MR) is 90.8 cm³/mol. The number of carbonyl (C=O) groups excluding carboxylic acids is 1. The van der Waals surface area contributed by atoms with E-state index >= 15 is 0 Å². The molecule has 1 aliphatic rings. The summed E-state index contributed by atoms with van der Waals surface area (Å²) in [5.74, 6) is 0.172. The van der Waals surface area contributed by atoms with Crippen LogP contribution in [0.15, 0.2) is 24.3 Å². The third-order valence-electron chi connectivity index (χ3n) is 4.46. The molecular formula is C18H26N4O. The molecular weight excluding hydrogens is 288 g/mol. The smallest absolute Gasteiger partial charge is 0.239 e. The average Bonchev–Trinajstić information content (AvgIpc) is 2.79. The van der Waals surface area contributed by atoms with E-state index in [1.807, 2.05) is 45.3 Å². The topological polar surface area (TPSA) is 50.6 Å². The van der Waals surface area contributed by atoms with E-state index in [1.54, 1.807) is 4.90 Å². The van der Waals surface area contributed by atoms with Gasteiger partial charge in [-0.05, 0) is 37.6 Å². The first kappa shape index (κ1) is 17.5. The summed E-state index contributed by atoms with van der Waals surface area (Å²) in [6.45, 7) is 6.78. The summed E-state index contributed by atoms with van der Waals surface area (Å²) in [5.41, 5.74) is 1.93.